The van der Waals surface area contributed by atoms with E-state index in [9.17, 15) is 0 Å². The second-order valence-electron chi connectivity index (χ2n) is 4.56. The summed E-state index contributed by atoms with van der Waals surface area (Å²) in [6.07, 6.45) is 1.62. The topological polar surface area (TPSA) is 72.2 Å². The Balaban J connectivity index is 1.51. The van der Waals surface area contributed by atoms with Crippen LogP contribution in [0.15, 0.2) is 65.3 Å². The average Bonchev–Trinajstić information content (AvgIpc) is 3.09. The molecule has 2 N–H and O–H groups in total. The lowest BCUT2D eigenvalue weighted by atomic mass is 10.3. The van der Waals surface area contributed by atoms with E-state index in [1.54, 1.807) is 18.4 Å². The molecule has 0 amide bonds. The first-order chi connectivity index (χ1) is 11.3. The molecule has 0 fully saturated rings. The van der Waals surface area contributed by atoms with Crippen molar-refractivity contribution in [1.82, 2.24) is 15.5 Å². The first-order valence-corrected chi connectivity index (χ1v) is 7.34. The summed E-state index contributed by atoms with van der Waals surface area (Å²) in [5.74, 6) is 2.45. The van der Waals surface area contributed by atoms with Crippen molar-refractivity contribution in [3.63, 3.8) is 0 Å². The Morgan fingerprint density at radius 2 is 1.91 bits per heavy atom. The summed E-state index contributed by atoms with van der Waals surface area (Å²) in [7, 11) is 0. The molecule has 116 valence electrons. The van der Waals surface area contributed by atoms with Crippen molar-refractivity contribution in [2.24, 2.45) is 0 Å². The van der Waals surface area contributed by atoms with Crippen LogP contribution in [0.4, 0.5) is 5.82 Å². The Hall–Kier alpha value is -2.93. The van der Waals surface area contributed by atoms with E-state index in [-0.39, 0.29) is 0 Å². The van der Waals surface area contributed by atoms with Gasteiger partial charge >= 0.3 is 0 Å². The lowest BCUT2D eigenvalue weighted by Crippen LogP contribution is -2.28. The second kappa shape index (κ2) is 7.37. The van der Waals surface area contributed by atoms with Crippen LogP contribution in [-0.4, -0.2) is 15.3 Å². The van der Waals surface area contributed by atoms with Crippen LogP contribution in [0, 0.1) is 0 Å². The molecule has 1 aromatic carbocycles. The number of benzene rings is 1. The van der Waals surface area contributed by atoms with Crippen molar-refractivity contribution >= 4 is 23.1 Å². The van der Waals surface area contributed by atoms with Crippen LogP contribution in [0.3, 0.4) is 0 Å². The van der Waals surface area contributed by atoms with Gasteiger partial charge in [0, 0.05) is 6.07 Å². The lowest BCUT2D eigenvalue weighted by molar-refractivity contribution is 0.455. The number of thiocarbonyl (C=S) groups is 1. The van der Waals surface area contributed by atoms with Crippen LogP contribution >= 0.6 is 12.2 Å². The highest BCUT2D eigenvalue weighted by atomic mass is 32.1. The zero-order valence-corrected chi connectivity index (χ0v) is 12.9. The number of aromatic nitrogens is 2. The maximum absolute atomic E-state index is 5.57. The fourth-order valence-electron chi connectivity index (χ4n) is 1.79. The summed E-state index contributed by atoms with van der Waals surface area (Å²) >= 11 is 5.18. The Kier molecular flexibility index (Phi) is 4.80. The van der Waals surface area contributed by atoms with E-state index in [1.807, 2.05) is 42.5 Å². The highest BCUT2D eigenvalue weighted by molar-refractivity contribution is 7.80. The van der Waals surface area contributed by atoms with Gasteiger partial charge in [-0.25, -0.2) is 0 Å². The Morgan fingerprint density at radius 3 is 2.61 bits per heavy atom. The summed E-state index contributed by atoms with van der Waals surface area (Å²) in [5.41, 5.74) is 0. The van der Waals surface area contributed by atoms with Gasteiger partial charge in [-0.05, 0) is 42.5 Å². The molecule has 3 rings (SSSR count). The van der Waals surface area contributed by atoms with Crippen LogP contribution < -0.4 is 15.4 Å². The smallest absolute Gasteiger partial charge is 0.238 e. The van der Waals surface area contributed by atoms with Crippen molar-refractivity contribution in [1.29, 1.82) is 0 Å². The molecule has 3 aromatic rings. The molecule has 2 aromatic heterocycles. The molecule has 23 heavy (non-hydrogen) atoms. The minimum atomic E-state index is 0.413. The number of nitrogens with zero attached hydrogens (tertiary/aromatic N) is 2. The number of nitrogens with one attached hydrogen (secondary N) is 2. The second-order valence-corrected chi connectivity index (χ2v) is 4.97. The normalized spacial score (nSPS) is 10.1. The van der Waals surface area contributed by atoms with Crippen LogP contribution in [-0.2, 0) is 6.54 Å². The molecule has 0 radical (unpaired) electrons. The SMILES string of the molecule is S=C(NCc1ccco1)Nc1ccc(Oc2ccccc2)nn1. The highest BCUT2D eigenvalue weighted by Crippen LogP contribution is 2.18. The molecule has 2 heterocycles. The van der Waals surface area contributed by atoms with Gasteiger partial charge in [-0.3, -0.25) is 0 Å². The Bertz CT molecular complexity index is 746. The first-order valence-electron chi connectivity index (χ1n) is 6.93. The third-order valence-electron chi connectivity index (χ3n) is 2.85. The highest BCUT2D eigenvalue weighted by Gasteiger charge is 2.03. The Labute approximate surface area is 138 Å². The first kappa shape index (κ1) is 15.0. The summed E-state index contributed by atoms with van der Waals surface area (Å²) in [6.45, 7) is 0.501. The van der Waals surface area contributed by atoms with Gasteiger partial charge in [-0.1, -0.05) is 18.2 Å². The van der Waals surface area contributed by atoms with Crippen molar-refractivity contribution in [2.75, 3.05) is 5.32 Å². The molecule has 0 saturated heterocycles. The molecule has 0 aliphatic heterocycles. The van der Waals surface area contributed by atoms with E-state index < -0.39 is 0 Å². The van der Waals surface area contributed by atoms with E-state index in [0.717, 1.165) is 5.76 Å². The number of para-hydroxylation sites is 1. The van der Waals surface area contributed by atoms with Gasteiger partial charge in [-0.15, -0.1) is 10.2 Å². The maximum Gasteiger partial charge on any atom is 0.238 e. The zero-order valence-electron chi connectivity index (χ0n) is 12.1. The number of ether oxygens (including phenoxy) is 1. The molecule has 7 heteroatoms. The van der Waals surface area contributed by atoms with Crippen molar-refractivity contribution in [3.05, 3.63) is 66.6 Å². The quantitative estimate of drug-likeness (QED) is 0.697. The molecule has 0 atom stereocenters. The summed E-state index contributed by atoms with van der Waals surface area (Å²) in [6, 6.07) is 16.5. The van der Waals surface area contributed by atoms with E-state index in [0.29, 0.717) is 29.1 Å². The monoisotopic (exact) mass is 326 g/mol. The number of hydrogen-bond donors (Lipinski definition) is 2. The molecule has 0 aliphatic carbocycles. The summed E-state index contributed by atoms with van der Waals surface area (Å²) in [4.78, 5) is 0. The van der Waals surface area contributed by atoms with Gasteiger partial charge in [0.05, 0.1) is 12.8 Å². The van der Waals surface area contributed by atoms with Crippen molar-refractivity contribution in [2.45, 2.75) is 6.54 Å². The molecular weight excluding hydrogens is 312 g/mol. The minimum absolute atomic E-state index is 0.413. The van der Waals surface area contributed by atoms with Gasteiger partial charge in [-0.2, -0.15) is 0 Å². The van der Waals surface area contributed by atoms with Crippen LogP contribution in [0.2, 0.25) is 0 Å². The lowest BCUT2D eigenvalue weighted by Gasteiger charge is -2.09. The maximum atomic E-state index is 5.57. The van der Waals surface area contributed by atoms with Gasteiger partial charge < -0.3 is 19.8 Å². The summed E-state index contributed by atoms with van der Waals surface area (Å²) in [5, 5.41) is 14.4. The fraction of sp³-hybridized carbons (Fsp3) is 0.0625. The molecule has 0 unspecified atom stereocenters. The predicted molar refractivity (Wildman–Crippen MR) is 90.3 cm³/mol. The molecule has 0 bridgehead atoms. The zero-order chi connectivity index (χ0) is 15.9. The number of anilines is 1. The van der Waals surface area contributed by atoms with Gasteiger partial charge in [0.2, 0.25) is 5.88 Å². The largest absolute Gasteiger partial charge is 0.467 e. The predicted octanol–water partition coefficient (Wildman–Crippen LogP) is 3.35. The standard InChI is InChI=1S/C16H14N4O2S/c23-16(17-11-13-7-4-10-21-13)18-14-8-9-15(20-19-14)22-12-5-2-1-3-6-12/h1-10H,11H2,(H2,17,18,19,23). The Morgan fingerprint density at radius 1 is 1.04 bits per heavy atom. The third-order valence-corrected chi connectivity index (χ3v) is 3.10. The van der Waals surface area contributed by atoms with Crippen molar-refractivity contribution in [3.8, 4) is 11.6 Å². The van der Waals surface area contributed by atoms with Gasteiger partial charge in [0.1, 0.15) is 11.5 Å². The van der Waals surface area contributed by atoms with E-state index in [4.69, 9.17) is 21.4 Å². The number of hydrogen-bond acceptors (Lipinski definition) is 5. The number of furan rings is 1. The molecule has 0 spiro atoms. The van der Waals surface area contributed by atoms with Crippen LogP contribution in [0.5, 0.6) is 11.6 Å². The average molecular weight is 326 g/mol. The molecule has 0 aliphatic rings. The van der Waals surface area contributed by atoms with Crippen LogP contribution in [0.25, 0.3) is 0 Å². The third kappa shape index (κ3) is 4.52. The van der Waals surface area contributed by atoms with Crippen LogP contribution in [0.1, 0.15) is 5.76 Å². The molecule has 0 saturated carbocycles. The minimum Gasteiger partial charge on any atom is -0.467 e. The van der Waals surface area contributed by atoms with E-state index in [1.165, 1.54) is 0 Å². The fourth-order valence-corrected chi connectivity index (χ4v) is 1.97. The van der Waals surface area contributed by atoms with Gasteiger partial charge in [0.25, 0.3) is 0 Å². The number of rotatable bonds is 5. The van der Waals surface area contributed by atoms with Crippen molar-refractivity contribution < 1.29 is 9.15 Å². The van der Waals surface area contributed by atoms with E-state index >= 15 is 0 Å². The van der Waals surface area contributed by atoms with Gasteiger partial charge in [0.15, 0.2) is 10.9 Å². The molecule has 6 nitrogen and oxygen atoms in total. The van der Waals surface area contributed by atoms with E-state index in [2.05, 4.69) is 20.8 Å². The molecular formula is C16H14N4O2S. The summed E-state index contributed by atoms with van der Waals surface area (Å²) < 4.78 is 10.8.